The molecule has 298 valence electrons. The van der Waals surface area contributed by atoms with Gasteiger partial charge in [-0.1, -0.05) is 85.0 Å². The van der Waals surface area contributed by atoms with Crippen molar-refractivity contribution in [2.24, 2.45) is 5.92 Å². The highest BCUT2D eigenvalue weighted by Gasteiger charge is 2.66. The first-order chi connectivity index (χ1) is 27.4. The molecule has 1 saturated heterocycles. The number of benzene rings is 4. The fourth-order valence-electron chi connectivity index (χ4n) is 8.92. The average molecular weight is 790 g/mol. The number of rotatable bonds is 14. The largest absolute Gasteiger partial charge is 0.497 e. The van der Waals surface area contributed by atoms with E-state index in [2.05, 4.69) is 47.8 Å². The third kappa shape index (κ3) is 7.48. The first kappa shape index (κ1) is 39.9. The molecule has 0 radical (unpaired) electrons. The zero-order valence-electron chi connectivity index (χ0n) is 33.3. The van der Waals surface area contributed by atoms with Crippen LogP contribution in [-0.2, 0) is 33.0 Å². The Kier molecular flexibility index (Phi) is 11.4. The topological polar surface area (TPSA) is 148 Å². The minimum Gasteiger partial charge on any atom is -0.497 e. The number of carbonyl (C=O) groups is 2. The number of fused-ring (bicyclic) bond motifs is 2. The SMILES string of the molecule is COc1ccc([Si](C)(C)[C@@H]2[C@@H](CCn3cc(C(CO)c4ccccc4)nn3)O[C@]3(C(=O)N(Cc4cccc(NC(=O)[C@H](C)O)c4)c4ccc(OC)cc43)[C@H]2C)cc1. The molecule has 0 bridgehead atoms. The van der Waals surface area contributed by atoms with E-state index in [1.165, 1.54) is 12.1 Å². The Morgan fingerprint density at radius 3 is 2.39 bits per heavy atom. The van der Waals surface area contributed by atoms with Gasteiger partial charge in [0.15, 0.2) is 5.60 Å². The number of carbonyl (C=O) groups excluding carboxylic acids is 2. The summed E-state index contributed by atoms with van der Waals surface area (Å²) >= 11 is 0. The molecule has 3 N–H and O–H groups in total. The number of nitrogens with one attached hydrogen (secondary N) is 1. The average Bonchev–Trinajstić information content (AvgIpc) is 3.87. The highest BCUT2D eigenvalue weighted by Crippen LogP contribution is 2.60. The molecule has 7 rings (SSSR count). The molecule has 1 spiro atoms. The minimum atomic E-state index is -2.43. The van der Waals surface area contributed by atoms with Gasteiger partial charge in [0.25, 0.3) is 11.8 Å². The minimum absolute atomic E-state index is 0.00893. The van der Waals surface area contributed by atoms with Gasteiger partial charge in [-0.15, -0.1) is 5.10 Å². The van der Waals surface area contributed by atoms with Crippen LogP contribution in [0, 0.1) is 5.92 Å². The summed E-state index contributed by atoms with van der Waals surface area (Å²) in [5.41, 5.74) is 3.16. The second kappa shape index (κ2) is 16.3. The van der Waals surface area contributed by atoms with E-state index in [4.69, 9.17) is 14.2 Å². The Labute approximate surface area is 334 Å². The van der Waals surface area contributed by atoms with Gasteiger partial charge in [0.1, 0.15) is 17.6 Å². The normalized spacial score (nSPS) is 21.4. The van der Waals surface area contributed by atoms with Gasteiger partial charge in [-0.2, -0.15) is 0 Å². The number of aliphatic hydroxyl groups excluding tert-OH is 2. The van der Waals surface area contributed by atoms with E-state index < -0.39 is 25.7 Å². The van der Waals surface area contributed by atoms with Crippen LogP contribution in [0.25, 0.3) is 0 Å². The molecule has 0 saturated carbocycles. The predicted octanol–water partition coefficient (Wildman–Crippen LogP) is 5.59. The summed E-state index contributed by atoms with van der Waals surface area (Å²) in [5, 5.41) is 33.0. The zero-order chi connectivity index (χ0) is 40.5. The van der Waals surface area contributed by atoms with Gasteiger partial charge in [0.05, 0.1) is 58.8 Å². The fraction of sp³-hybridized carbons (Fsp3) is 0.364. The molecule has 4 aromatic carbocycles. The second-order valence-electron chi connectivity index (χ2n) is 15.6. The lowest BCUT2D eigenvalue weighted by molar-refractivity contribution is -0.146. The van der Waals surface area contributed by atoms with Crippen LogP contribution in [0.4, 0.5) is 11.4 Å². The number of ether oxygens (including phenoxy) is 3. The van der Waals surface area contributed by atoms with Crippen molar-refractivity contribution in [1.29, 1.82) is 0 Å². The smallest absolute Gasteiger partial charge is 0.264 e. The summed E-state index contributed by atoms with van der Waals surface area (Å²) in [6.45, 7) is 8.89. The number of aryl methyl sites for hydroxylation is 1. The molecule has 2 aliphatic rings. The van der Waals surface area contributed by atoms with Crippen molar-refractivity contribution in [2.75, 3.05) is 31.0 Å². The quantitative estimate of drug-likeness (QED) is 0.123. The lowest BCUT2D eigenvalue weighted by Crippen LogP contribution is -2.51. The Morgan fingerprint density at radius 1 is 0.982 bits per heavy atom. The number of hydrogen-bond donors (Lipinski definition) is 3. The van der Waals surface area contributed by atoms with E-state index in [1.807, 2.05) is 89.7 Å². The molecule has 1 unspecified atom stereocenters. The zero-order valence-corrected chi connectivity index (χ0v) is 34.3. The maximum absolute atomic E-state index is 15.3. The van der Waals surface area contributed by atoms with Gasteiger partial charge in [-0.3, -0.25) is 14.3 Å². The number of hydrogen-bond acceptors (Lipinski definition) is 9. The second-order valence-corrected chi connectivity index (χ2v) is 20.3. The lowest BCUT2D eigenvalue weighted by atomic mass is 9.82. The lowest BCUT2D eigenvalue weighted by Gasteiger charge is -2.37. The van der Waals surface area contributed by atoms with Crippen LogP contribution in [-0.4, -0.2) is 78.1 Å². The number of aliphatic hydroxyl groups is 2. The van der Waals surface area contributed by atoms with Gasteiger partial charge in [0.2, 0.25) is 0 Å². The molecule has 12 nitrogen and oxygen atoms in total. The Bertz CT molecular complexity index is 2210. The maximum Gasteiger partial charge on any atom is 0.264 e. The van der Waals surface area contributed by atoms with Crippen molar-refractivity contribution in [3.63, 3.8) is 0 Å². The van der Waals surface area contributed by atoms with E-state index >= 15 is 4.79 Å². The summed E-state index contributed by atoms with van der Waals surface area (Å²) < 4.78 is 20.4. The number of methoxy groups -OCH3 is 2. The van der Waals surface area contributed by atoms with Gasteiger partial charge >= 0.3 is 0 Å². The monoisotopic (exact) mass is 789 g/mol. The third-order valence-electron chi connectivity index (χ3n) is 11.9. The Hall–Kier alpha value is -5.34. The molecule has 0 aliphatic carbocycles. The fourth-order valence-corrected chi connectivity index (χ4v) is 13.0. The third-order valence-corrected chi connectivity index (χ3v) is 16.3. The first-order valence-corrected chi connectivity index (χ1v) is 22.5. The van der Waals surface area contributed by atoms with E-state index in [0.717, 1.165) is 28.1 Å². The van der Waals surface area contributed by atoms with Crippen LogP contribution in [0.5, 0.6) is 11.5 Å². The summed E-state index contributed by atoms with van der Waals surface area (Å²) in [5.74, 6) is 0.197. The molecule has 1 fully saturated rings. The highest BCUT2D eigenvalue weighted by molar-refractivity contribution is 6.91. The molecule has 3 heterocycles. The van der Waals surface area contributed by atoms with Crippen molar-refractivity contribution in [3.8, 4) is 11.5 Å². The van der Waals surface area contributed by atoms with Crippen molar-refractivity contribution in [2.45, 2.75) is 75.7 Å². The molecule has 6 atom stereocenters. The van der Waals surface area contributed by atoms with Crippen molar-refractivity contribution < 1.29 is 34.0 Å². The van der Waals surface area contributed by atoms with Crippen molar-refractivity contribution >= 4 is 36.4 Å². The van der Waals surface area contributed by atoms with Crippen molar-refractivity contribution in [3.05, 3.63) is 126 Å². The number of anilines is 2. The first-order valence-electron chi connectivity index (χ1n) is 19.4. The van der Waals surface area contributed by atoms with Crippen LogP contribution in [0.15, 0.2) is 103 Å². The van der Waals surface area contributed by atoms with Crippen LogP contribution >= 0.6 is 0 Å². The van der Waals surface area contributed by atoms with Gasteiger partial charge in [-0.25, -0.2) is 0 Å². The summed E-state index contributed by atoms with van der Waals surface area (Å²) in [6, 6.07) is 31.1. The van der Waals surface area contributed by atoms with Crippen LogP contribution in [0.1, 0.15) is 48.6 Å². The molecular weight excluding hydrogens is 739 g/mol. The molecule has 2 aliphatic heterocycles. The van der Waals surface area contributed by atoms with E-state index in [1.54, 1.807) is 25.2 Å². The van der Waals surface area contributed by atoms with Crippen LogP contribution in [0.3, 0.4) is 0 Å². The standard InChI is InChI=1S/C44H51N5O7Si/c1-28-41(57(5,6)35-18-15-33(54-3)16-19-35)40(21-22-48-26-38(46-47-48)36(27-50)31-12-8-7-9-13-31)56-44(28)37-24-34(55-4)17-20-39(37)49(43(44)53)25-30-11-10-14-32(23-30)45-42(52)29(2)51/h7-20,23-24,26,28-29,36,40-41,50-51H,21-22,25,27H2,1-6H3,(H,45,52)/t28-,29-,36?,40+,41-,44+/m0/s1. The summed E-state index contributed by atoms with van der Waals surface area (Å²) in [6.07, 6.45) is 0.963. The van der Waals surface area contributed by atoms with Gasteiger partial charge < -0.3 is 34.6 Å². The number of nitrogens with zero attached hydrogens (tertiary/aromatic N) is 4. The van der Waals surface area contributed by atoms with Crippen molar-refractivity contribution in [1.82, 2.24) is 15.0 Å². The summed E-state index contributed by atoms with van der Waals surface area (Å²) in [4.78, 5) is 29.4. The molecular formula is C44H51N5O7Si. The van der Waals surface area contributed by atoms with E-state index in [-0.39, 0.29) is 42.5 Å². The highest BCUT2D eigenvalue weighted by atomic mass is 28.3. The maximum atomic E-state index is 15.3. The van der Waals surface area contributed by atoms with Crippen LogP contribution in [0.2, 0.25) is 18.6 Å². The molecule has 57 heavy (non-hydrogen) atoms. The Morgan fingerprint density at radius 2 is 1.70 bits per heavy atom. The molecule has 13 heteroatoms. The van der Waals surface area contributed by atoms with Gasteiger partial charge in [0, 0.05) is 29.9 Å². The van der Waals surface area contributed by atoms with Gasteiger partial charge in [-0.05, 0) is 72.5 Å². The summed E-state index contributed by atoms with van der Waals surface area (Å²) in [7, 11) is 0.852. The predicted molar refractivity (Wildman–Crippen MR) is 221 cm³/mol. The number of aromatic nitrogens is 3. The molecule has 2 amide bonds. The molecule has 1 aromatic heterocycles. The van der Waals surface area contributed by atoms with E-state index in [9.17, 15) is 15.0 Å². The number of amides is 2. The Balaban J connectivity index is 1.25. The molecule has 5 aromatic rings. The van der Waals surface area contributed by atoms with Crippen LogP contribution < -0.4 is 24.9 Å². The van der Waals surface area contributed by atoms with E-state index in [0.29, 0.717) is 30.1 Å².